The van der Waals surface area contributed by atoms with E-state index < -0.39 is 28.1 Å². The molecule has 1 aromatic carbocycles. The normalized spacial score (nSPS) is 23.4. The zero-order valence-electron chi connectivity index (χ0n) is 12.2. The molecule has 21 heavy (non-hydrogen) atoms. The summed E-state index contributed by atoms with van der Waals surface area (Å²) in [5.74, 6) is -1.15. The van der Waals surface area contributed by atoms with E-state index >= 15 is 0 Å². The molecule has 1 fully saturated rings. The number of carbonyl (C=O) groups is 1. The lowest BCUT2D eigenvalue weighted by Crippen LogP contribution is -2.40. The summed E-state index contributed by atoms with van der Waals surface area (Å²) < 4.78 is 31.7. The van der Waals surface area contributed by atoms with Gasteiger partial charge in [-0.15, -0.1) is 0 Å². The summed E-state index contributed by atoms with van der Waals surface area (Å²) in [4.78, 5) is 11.5. The number of carboxylic acids is 1. The Labute approximate surface area is 124 Å². The number of methoxy groups -OCH3 is 1. The SMILES string of the molecule is COC1CC(C(=O)O)N(S(=O)(=O)c2ccc(C)cc2C)C1. The molecule has 1 aliphatic heterocycles. The summed E-state index contributed by atoms with van der Waals surface area (Å²) >= 11 is 0. The minimum atomic E-state index is -3.85. The van der Waals surface area contributed by atoms with Crippen molar-refractivity contribution in [3.63, 3.8) is 0 Å². The number of benzene rings is 1. The highest BCUT2D eigenvalue weighted by atomic mass is 32.2. The van der Waals surface area contributed by atoms with Gasteiger partial charge in [-0.2, -0.15) is 4.31 Å². The van der Waals surface area contributed by atoms with Crippen LogP contribution < -0.4 is 0 Å². The second-order valence-corrected chi connectivity index (χ2v) is 7.15. The van der Waals surface area contributed by atoms with E-state index in [9.17, 15) is 18.3 Å². The van der Waals surface area contributed by atoms with Crippen LogP contribution in [0.2, 0.25) is 0 Å². The maximum absolute atomic E-state index is 12.7. The Kier molecular flexibility index (Phi) is 4.36. The van der Waals surface area contributed by atoms with E-state index in [1.54, 1.807) is 19.1 Å². The molecule has 2 atom stereocenters. The van der Waals surface area contributed by atoms with E-state index in [0.717, 1.165) is 9.87 Å². The average Bonchev–Trinajstić information content (AvgIpc) is 2.83. The Morgan fingerprint density at radius 2 is 2.05 bits per heavy atom. The van der Waals surface area contributed by atoms with Crippen molar-refractivity contribution in [1.29, 1.82) is 0 Å². The van der Waals surface area contributed by atoms with Crippen molar-refractivity contribution in [2.45, 2.75) is 37.3 Å². The van der Waals surface area contributed by atoms with Gasteiger partial charge in [0.1, 0.15) is 6.04 Å². The highest BCUT2D eigenvalue weighted by Crippen LogP contribution is 2.29. The van der Waals surface area contributed by atoms with Crippen LogP contribution in [0, 0.1) is 13.8 Å². The fourth-order valence-corrected chi connectivity index (χ4v) is 4.48. The topological polar surface area (TPSA) is 83.9 Å². The quantitative estimate of drug-likeness (QED) is 0.902. The van der Waals surface area contributed by atoms with Gasteiger partial charge in [0.2, 0.25) is 10.0 Å². The van der Waals surface area contributed by atoms with Crippen LogP contribution in [0.25, 0.3) is 0 Å². The summed E-state index contributed by atoms with van der Waals surface area (Å²) in [6.07, 6.45) is -0.234. The molecule has 116 valence electrons. The van der Waals surface area contributed by atoms with E-state index in [1.807, 2.05) is 6.92 Å². The first kappa shape index (κ1) is 15.9. The maximum atomic E-state index is 12.7. The first-order valence-electron chi connectivity index (χ1n) is 6.62. The summed E-state index contributed by atoms with van der Waals surface area (Å²) in [5, 5.41) is 9.26. The number of nitrogens with zero attached hydrogens (tertiary/aromatic N) is 1. The van der Waals surface area contributed by atoms with Crippen molar-refractivity contribution in [2.24, 2.45) is 0 Å². The van der Waals surface area contributed by atoms with Crippen LogP contribution in [0.15, 0.2) is 23.1 Å². The molecule has 1 heterocycles. The number of hydrogen-bond donors (Lipinski definition) is 1. The van der Waals surface area contributed by atoms with Crippen molar-refractivity contribution in [2.75, 3.05) is 13.7 Å². The van der Waals surface area contributed by atoms with Gasteiger partial charge >= 0.3 is 5.97 Å². The minimum absolute atomic E-state index is 0.0586. The lowest BCUT2D eigenvalue weighted by Gasteiger charge is -2.22. The molecule has 1 aliphatic rings. The molecule has 1 aromatic rings. The fourth-order valence-electron chi connectivity index (χ4n) is 2.64. The van der Waals surface area contributed by atoms with Gasteiger partial charge in [-0.3, -0.25) is 4.79 Å². The van der Waals surface area contributed by atoms with Gasteiger partial charge in [-0.25, -0.2) is 8.42 Å². The Morgan fingerprint density at radius 1 is 1.38 bits per heavy atom. The Bertz CT molecular complexity index is 655. The molecule has 2 unspecified atom stereocenters. The van der Waals surface area contributed by atoms with Crippen molar-refractivity contribution < 1.29 is 23.1 Å². The number of hydrogen-bond acceptors (Lipinski definition) is 4. The summed E-state index contributed by atoms with van der Waals surface area (Å²) in [5.41, 5.74) is 1.57. The van der Waals surface area contributed by atoms with Crippen LogP contribution in [-0.4, -0.2) is 49.6 Å². The van der Waals surface area contributed by atoms with Gasteiger partial charge in [-0.05, 0) is 25.5 Å². The molecule has 0 radical (unpaired) electrons. The molecule has 7 heteroatoms. The second kappa shape index (κ2) is 5.75. The maximum Gasteiger partial charge on any atom is 0.322 e. The third-order valence-electron chi connectivity index (χ3n) is 3.75. The molecule has 0 bridgehead atoms. The summed E-state index contributed by atoms with van der Waals surface area (Å²) in [6.45, 7) is 3.64. The third kappa shape index (κ3) is 2.95. The van der Waals surface area contributed by atoms with E-state index in [-0.39, 0.29) is 17.9 Å². The van der Waals surface area contributed by atoms with Gasteiger partial charge in [-0.1, -0.05) is 17.7 Å². The number of ether oxygens (including phenoxy) is 1. The molecule has 2 rings (SSSR count). The van der Waals surface area contributed by atoms with Gasteiger partial charge < -0.3 is 9.84 Å². The molecule has 0 saturated carbocycles. The van der Waals surface area contributed by atoms with E-state index in [4.69, 9.17) is 4.74 Å². The molecule has 1 saturated heterocycles. The fraction of sp³-hybridized carbons (Fsp3) is 0.500. The predicted octanol–water partition coefficient (Wildman–Crippen LogP) is 1.17. The Hall–Kier alpha value is -1.44. The predicted molar refractivity (Wildman–Crippen MR) is 76.6 cm³/mol. The number of aryl methyl sites for hydroxylation is 2. The van der Waals surface area contributed by atoms with Crippen molar-refractivity contribution >= 4 is 16.0 Å². The van der Waals surface area contributed by atoms with Gasteiger partial charge in [0.05, 0.1) is 11.0 Å². The Morgan fingerprint density at radius 3 is 2.57 bits per heavy atom. The first-order valence-corrected chi connectivity index (χ1v) is 8.06. The van der Waals surface area contributed by atoms with Crippen LogP contribution in [0.1, 0.15) is 17.5 Å². The largest absolute Gasteiger partial charge is 0.480 e. The average molecular weight is 313 g/mol. The van der Waals surface area contributed by atoms with E-state index in [2.05, 4.69) is 0 Å². The lowest BCUT2D eigenvalue weighted by molar-refractivity contribution is -0.140. The number of rotatable bonds is 4. The highest BCUT2D eigenvalue weighted by Gasteiger charge is 2.44. The van der Waals surface area contributed by atoms with Crippen molar-refractivity contribution in [1.82, 2.24) is 4.31 Å². The number of aliphatic carboxylic acids is 1. The van der Waals surface area contributed by atoms with E-state index in [1.165, 1.54) is 13.2 Å². The zero-order valence-corrected chi connectivity index (χ0v) is 13.1. The number of carboxylic acid groups (broad SMARTS) is 1. The van der Waals surface area contributed by atoms with Crippen LogP contribution in [0.3, 0.4) is 0 Å². The van der Waals surface area contributed by atoms with Gasteiger partial charge in [0, 0.05) is 20.1 Å². The van der Waals surface area contributed by atoms with Crippen LogP contribution in [0.4, 0.5) is 0 Å². The van der Waals surface area contributed by atoms with E-state index in [0.29, 0.717) is 5.56 Å². The molecule has 0 aromatic heterocycles. The van der Waals surface area contributed by atoms with Crippen LogP contribution in [-0.2, 0) is 19.6 Å². The third-order valence-corrected chi connectivity index (χ3v) is 5.79. The van der Waals surface area contributed by atoms with Gasteiger partial charge in [0.25, 0.3) is 0 Å². The molecule has 0 amide bonds. The van der Waals surface area contributed by atoms with Crippen molar-refractivity contribution in [3.8, 4) is 0 Å². The van der Waals surface area contributed by atoms with Gasteiger partial charge in [0.15, 0.2) is 0 Å². The smallest absolute Gasteiger partial charge is 0.322 e. The Balaban J connectivity index is 2.44. The molecule has 1 N–H and O–H groups in total. The molecular formula is C14H19NO5S. The summed E-state index contributed by atoms with van der Waals surface area (Å²) in [6, 6.07) is 3.92. The summed E-state index contributed by atoms with van der Waals surface area (Å²) in [7, 11) is -2.40. The number of sulfonamides is 1. The molecule has 6 nitrogen and oxygen atoms in total. The second-order valence-electron chi connectivity index (χ2n) is 5.29. The molecule has 0 spiro atoms. The first-order chi connectivity index (χ1) is 9.77. The molecular weight excluding hydrogens is 294 g/mol. The van der Waals surface area contributed by atoms with Crippen LogP contribution >= 0.6 is 0 Å². The zero-order chi connectivity index (χ0) is 15.8. The standard InChI is InChI=1S/C14H19NO5S/c1-9-4-5-13(10(2)6-9)21(18,19)15-8-11(20-3)7-12(15)14(16)17/h4-6,11-12H,7-8H2,1-3H3,(H,16,17). The van der Waals surface area contributed by atoms with Crippen molar-refractivity contribution in [3.05, 3.63) is 29.3 Å². The minimum Gasteiger partial charge on any atom is -0.480 e. The lowest BCUT2D eigenvalue weighted by atomic mass is 10.2. The molecule has 0 aliphatic carbocycles. The van der Waals surface area contributed by atoms with Crippen LogP contribution in [0.5, 0.6) is 0 Å². The highest BCUT2D eigenvalue weighted by molar-refractivity contribution is 7.89. The monoisotopic (exact) mass is 313 g/mol.